The molecule has 4 nitrogen and oxygen atoms in total. The van der Waals surface area contributed by atoms with Gasteiger partial charge in [0.25, 0.3) is 13.4 Å². The van der Waals surface area contributed by atoms with Crippen LogP contribution in [0.3, 0.4) is 0 Å². The molecule has 0 saturated heterocycles. The van der Waals surface area contributed by atoms with Crippen LogP contribution in [-0.2, 0) is 5.41 Å². The second kappa shape index (κ2) is 12.0. The zero-order valence-electron chi connectivity index (χ0n) is 31.6. The van der Waals surface area contributed by atoms with Gasteiger partial charge in [-0.1, -0.05) is 146 Å². The molecule has 2 aliphatic heterocycles. The summed E-state index contributed by atoms with van der Waals surface area (Å²) in [5.41, 5.74) is 17.4. The second-order valence-electron chi connectivity index (χ2n) is 16.0. The molecule has 0 fully saturated rings. The normalized spacial score (nSPS) is 14.2. The van der Waals surface area contributed by atoms with Gasteiger partial charge in [0.05, 0.1) is 29.0 Å². The van der Waals surface area contributed by atoms with Crippen molar-refractivity contribution in [2.75, 3.05) is 4.90 Å². The second-order valence-corrected chi connectivity index (χ2v) is 16.0. The Hall–Kier alpha value is -6.91. The Kier molecular flexibility index (Phi) is 6.83. The first-order valence-electron chi connectivity index (χ1n) is 19.7. The van der Waals surface area contributed by atoms with E-state index in [-0.39, 0.29) is 18.8 Å². The summed E-state index contributed by atoms with van der Waals surface area (Å²) in [6, 6.07) is 60.8. The minimum Gasteiger partial charge on any atom is -0.471 e. The van der Waals surface area contributed by atoms with Gasteiger partial charge in [0.15, 0.2) is 0 Å². The Balaban J connectivity index is 1.07. The minimum atomic E-state index is -0.224. The number of nitrogens with zero attached hydrogens (tertiary/aromatic N) is 1. The van der Waals surface area contributed by atoms with Gasteiger partial charge in [0, 0.05) is 27.3 Å². The molecular weight excluding hydrogens is 696 g/mol. The van der Waals surface area contributed by atoms with Crippen LogP contribution in [0.4, 0.5) is 17.1 Å². The van der Waals surface area contributed by atoms with Crippen LogP contribution in [0.25, 0.3) is 44.0 Å². The average molecular weight is 731 g/mol. The van der Waals surface area contributed by atoms with Gasteiger partial charge in [-0.3, -0.25) is 0 Å². The third-order valence-corrected chi connectivity index (χ3v) is 12.6. The molecule has 0 aliphatic carbocycles. The lowest BCUT2D eigenvalue weighted by Gasteiger charge is -2.42. The Labute approximate surface area is 331 Å². The lowest BCUT2D eigenvalue weighted by molar-refractivity contribution is 0.615. The van der Waals surface area contributed by atoms with Gasteiger partial charge in [-0.2, -0.15) is 0 Å². The molecule has 0 spiro atoms. The topological polar surface area (TPSA) is 42.7 Å². The number of fused-ring (bicyclic) bond motifs is 10. The molecule has 5 heterocycles. The molecule has 268 valence electrons. The van der Waals surface area contributed by atoms with E-state index in [1.807, 2.05) is 6.07 Å². The zero-order valence-corrected chi connectivity index (χ0v) is 31.6. The van der Waals surface area contributed by atoms with E-state index in [0.29, 0.717) is 0 Å². The molecule has 2 aliphatic rings. The van der Waals surface area contributed by atoms with E-state index in [2.05, 4.69) is 183 Å². The van der Waals surface area contributed by atoms with Crippen molar-refractivity contribution in [2.45, 2.75) is 19.3 Å². The van der Waals surface area contributed by atoms with Crippen LogP contribution in [0.5, 0.6) is 0 Å². The summed E-state index contributed by atoms with van der Waals surface area (Å²) in [6.45, 7) is 4.25. The fraction of sp³-hybridized carbons (Fsp3) is 0.0588. The standard InChI is InChI=1S/C51H35B2NO3/c1-51(2)39-15-7-9-17-41(39)54(42-18-10-8-16-40(42)51)36-26-24-35(25-27-36)53-48-46-37-30-31-55-43(37)28-29-45(46)57-50(48)52(47-38-14-6-11-19-44(38)56-49(47)53)34-22-20-33(21-23-34)32-12-4-3-5-13-32/h3-31H,1-2H3. The summed E-state index contributed by atoms with van der Waals surface area (Å²) in [6.07, 6.45) is 1.78. The van der Waals surface area contributed by atoms with Gasteiger partial charge in [-0.05, 0) is 81.7 Å². The van der Waals surface area contributed by atoms with Crippen molar-refractivity contribution in [3.05, 3.63) is 187 Å². The smallest absolute Gasteiger partial charge is 0.290 e. The van der Waals surface area contributed by atoms with Crippen LogP contribution in [0, 0.1) is 0 Å². The first-order valence-corrected chi connectivity index (χ1v) is 19.7. The van der Waals surface area contributed by atoms with Gasteiger partial charge in [-0.25, -0.2) is 0 Å². The Morgan fingerprint density at radius 1 is 0.456 bits per heavy atom. The monoisotopic (exact) mass is 731 g/mol. The third kappa shape index (κ3) is 4.64. The van der Waals surface area contributed by atoms with Crippen LogP contribution >= 0.6 is 0 Å². The molecule has 0 radical (unpaired) electrons. The lowest BCUT2D eigenvalue weighted by Crippen LogP contribution is -2.73. The highest BCUT2D eigenvalue weighted by atomic mass is 16.3. The van der Waals surface area contributed by atoms with E-state index in [0.717, 1.165) is 71.8 Å². The molecule has 0 atom stereocenters. The van der Waals surface area contributed by atoms with Gasteiger partial charge in [0.2, 0.25) is 0 Å². The summed E-state index contributed by atoms with van der Waals surface area (Å²) >= 11 is 0. The highest BCUT2D eigenvalue weighted by Gasteiger charge is 2.47. The van der Waals surface area contributed by atoms with Gasteiger partial charge in [-0.15, -0.1) is 0 Å². The van der Waals surface area contributed by atoms with Crippen molar-refractivity contribution >= 4 is 96.6 Å². The minimum absolute atomic E-state index is 0.126. The number of hydrogen-bond acceptors (Lipinski definition) is 4. The fourth-order valence-electron chi connectivity index (χ4n) is 9.94. The quantitative estimate of drug-likeness (QED) is 0.170. The van der Waals surface area contributed by atoms with Gasteiger partial charge < -0.3 is 18.2 Å². The largest absolute Gasteiger partial charge is 0.471 e. The Bertz CT molecular complexity index is 3120. The highest BCUT2D eigenvalue weighted by Crippen LogP contribution is 2.51. The summed E-state index contributed by atoms with van der Waals surface area (Å²) in [4.78, 5) is 2.41. The third-order valence-electron chi connectivity index (χ3n) is 12.6. The molecule has 10 aromatic rings. The van der Waals surface area contributed by atoms with Crippen molar-refractivity contribution in [2.24, 2.45) is 0 Å². The molecule has 12 rings (SSSR count). The first kappa shape index (κ1) is 32.3. The van der Waals surface area contributed by atoms with Crippen molar-refractivity contribution in [3.63, 3.8) is 0 Å². The highest BCUT2D eigenvalue weighted by molar-refractivity contribution is 7.12. The molecular formula is C51H35B2NO3. The number of furan rings is 3. The number of hydrogen-bond donors (Lipinski definition) is 0. The van der Waals surface area contributed by atoms with E-state index in [1.165, 1.54) is 33.6 Å². The molecule has 3 aromatic heterocycles. The van der Waals surface area contributed by atoms with E-state index < -0.39 is 0 Å². The van der Waals surface area contributed by atoms with Crippen molar-refractivity contribution < 1.29 is 13.3 Å². The first-order chi connectivity index (χ1) is 28.0. The van der Waals surface area contributed by atoms with E-state index in [1.54, 1.807) is 6.26 Å². The molecule has 0 unspecified atom stereocenters. The van der Waals surface area contributed by atoms with Gasteiger partial charge in [0.1, 0.15) is 16.7 Å². The van der Waals surface area contributed by atoms with E-state index in [9.17, 15) is 0 Å². The van der Waals surface area contributed by atoms with Crippen LogP contribution in [-0.4, -0.2) is 13.4 Å². The Morgan fingerprint density at radius 3 is 1.75 bits per heavy atom. The summed E-state index contributed by atoms with van der Waals surface area (Å²) in [5, 5.41) is 3.22. The van der Waals surface area contributed by atoms with Crippen LogP contribution in [0.2, 0.25) is 0 Å². The van der Waals surface area contributed by atoms with E-state index >= 15 is 0 Å². The molecule has 7 aromatic carbocycles. The van der Waals surface area contributed by atoms with Crippen LogP contribution < -0.4 is 38.1 Å². The van der Waals surface area contributed by atoms with Crippen LogP contribution in [0.1, 0.15) is 25.0 Å². The fourth-order valence-corrected chi connectivity index (χ4v) is 9.94. The Morgan fingerprint density at radius 2 is 1.02 bits per heavy atom. The molecule has 0 bridgehead atoms. The molecule has 57 heavy (non-hydrogen) atoms. The zero-order chi connectivity index (χ0) is 37.8. The van der Waals surface area contributed by atoms with Crippen molar-refractivity contribution in [3.8, 4) is 11.1 Å². The molecule has 0 saturated carbocycles. The van der Waals surface area contributed by atoms with E-state index in [4.69, 9.17) is 13.3 Å². The summed E-state index contributed by atoms with van der Waals surface area (Å²) in [7, 11) is 0. The van der Waals surface area contributed by atoms with Gasteiger partial charge >= 0.3 is 0 Å². The summed E-state index contributed by atoms with van der Waals surface area (Å²) < 4.78 is 20.2. The SMILES string of the molecule is CC1(C)c2ccccc2N(c2ccc(B3c4oc5ccccc5c4B(c4ccc(-c5ccccc5)cc4)c4oc5ccc6occc6c5c43)cc2)c2ccccc21. The molecule has 0 amide bonds. The maximum atomic E-state index is 7.10. The maximum Gasteiger partial charge on any atom is 0.290 e. The van der Waals surface area contributed by atoms with Crippen molar-refractivity contribution in [1.82, 2.24) is 0 Å². The van der Waals surface area contributed by atoms with Crippen molar-refractivity contribution in [1.29, 1.82) is 0 Å². The number of rotatable bonds is 4. The number of benzene rings is 7. The molecule has 0 N–H and O–H groups in total. The number of anilines is 3. The average Bonchev–Trinajstić information content (AvgIpc) is 4.00. The summed E-state index contributed by atoms with van der Waals surface area (Å²) in [5.74, 6) is 0. The molecule has 6 heteroatoms. The predicted molar refractivity (Wildman–Crippen MR) is 237 cm³/mol. The lowest BCUT2D eigenvalue weighted by atomic mass is 9.24. The number of para-hydroxylation sites is 3. The predicted octanol–water partition coefficient (Wildman–Crippen LogP) is 9.05. The maximum absolute atomic E-state index is 7.10. The van der Waals surface area contributed by atoms with Crippen LogP contribution in [0.15, 0.2) is 189 Å².